The van der Waals surface area contributed by atoms with Crippen molar-refractivity contribution in [1.29, 1.82) is 0 Å². The van der Waals surface area contributed by atoms with Gasteiger partial charge in [-0.1, -0.05) is 0 Å². The van der Waals surface area contributed by atoms with Crippen molar-refractivity contribution in [2.45, 2.75) is 43.9 Å². The average molecular weight is 260 g/mol. The fourth-order valence-electron chi connectivity index (χ4n) is 5.20. The summed E-state index contributed by atoms with van der Waals surface area (Å²) in [5, 5.41) is 7.46. The number of nitrogens with one attached hydrogen (secondary N) is 3. The first-order valence-electron chi connectivity index (χ1n) is 7.28. The Hall–Kier alpha value is -1.52. The lowest BCUT2D eigenvalue weighted by molar-refractivity contribution is -0.109. The molecule has 5 nitrogen and oxygen atoms in total. The van der Waals surface area contributed by atoms with E-state index in [9.17, 15) is 4.79 Å². The number of aromatic amines is 1. The standard InChI is InChI=1S/C14H20N4O/c19-8-15-17-13-4-12(16-18-13)14-5-9-1-10(6-14)3-11(2-9)7-14/h4,8-11H,1-3,5-7H2,(H,15,19)(H2,16,17,18). The van der Waals surface area contributed by atoms with Crippen LogP contribution in [0.3, 0.4) is 0 Å². The first-order valence-corrected chi connectivity index (χ1v) is 7.28. The molecule has 4 bridgehead atoms. The van der Waals surface area contributed by atoms with Crippen LogP contribution in [0.4, 0.5) is 5.82 Å². The first-order chi connectivity index (χ1) is 9.27. The van der Waals surface area contributed by atoms with Crippen molar-refractivity contribution in [3.63, 3.8) is 0 Å². The number of amides is 1. The third kappa shape index (κ3) is 1.75. The van der Waals surface area contributed by atoms with Crippen LogP contribution in [-0.4, -0.2) is 16.6 Å². The van der Waals surface area contributed by atoms with E-state index < -0.39 is 0 Å². The number of hydrogen-bond acceptors (Lipinski definition) is 3. The summed E-state index contributed by atoms with van der Waals surface area (Å²) in [5.74, 6) is 3.50. The lowest BCUT2D eigenvalue weighted by atomic mass is 9.49. The molecule has 5 rings (SSSR count). The number of rotatable bonds is 4. The second-order valence-electron chi connectivity index (χ2n) is 6.75. The van der Waals surface area contributed by atoms with E-state index in [4.69, 9.17) is 0 Å². The van der Waals surface area contributed by atoms with Gasteiger partial charge in [0, 0.05) is 17.2 Å². The van der Waals surface area contributed by atoms with Crippen molar-refractivity contribution in [2.75, 3.05) is 5.43 Å². The molecular weight excluding hydrogens is 240 g/mol. The number of hydrazine groups is 1. The first kappa shape index (κ1) is 11.3. The van der Waals surface area contributed by atoms with Crippen LogP contribution in [0.1, 0.15) is 44.2 Å². The maximum absolute atomic E-state index is 10.3. The van der Waals surface area contributed by atoms with Crippen molar-refractivity contribution >= 4 is 12.2 Å². The second-order valence-corrected chi connectivity index (χ2v) is 6.75. The van der Waals surface area contributed by atoms with Gasteiger partial charge in [0.2, 0.25) is 6.41 Å². The largest absolute Gasteiger partial charge is 0.281 e. The van der Waals surface area contributed by atoms with Crippen molar-refractivity contribution in [1.82, 2.24) is 15.6 Å². The van der Waals surface area contributed by atoms with Gasteiger partial charge in [-0.25, -0.2) is 0 Å². The number of H-pyrrole nitrogens is 1. The van der Waals surface area contributed by atoms with E-state index in [1.54, 1.807) is 0 Å². The maximum Gasteiger partial charge on any atom is 0.225 e. The van der Waals surface area contributed by atoms with Gasteiger partial charge < -0.3 is 0 Å². The van der Waals surface area contributed by atoms with Crippen LogP contribution in [0, 0.1) is 17.8 Å². The van der Waals surface area contributed by atoms with Crippen LogP contribution >= 0.6 is 0 Å². The monoisotopic (exact) mass is 260 g/mol. The molecule has 102 valence electrons. The summed E-state index contributed by atoms with van der Waals surface area (Å²) in [6, 6.07) is 2.07. The Balaban J connectivity index is 1.60. The molecule has 1 aromatic heterocycles. The van der Waals surface area contributed by atoms with Crippen LogP contribution in [0.15, 0.2) is 6.07 Å². The molecule has 1 amide bonds. The molecule has 4 saturated carbocycles. The van der Waals surface area contributed by atoms with E-state index in [0.717, 1.165) is 17.8 Å². The molecule has 0 spiro atoms. The molecule has 4 aliphatic rings. The summed E-state index contributed by atoms with van der Waals surface area (Å²) in [7, 11) is 0. The number of aromatic nitrogens is 2. The second kappa shape index (κ2) is 3.99. The molecule has 1 heterocycles. The average Bonchev–Trinajstić information content (AvgIpc) is 2.84. The maximum atomic E-state index is 10.3. The summed E-state index contributed by atoms with van der Waals surface area (Å²) >= 11 is 0. The van der Waals surface area contributed by atoms with Crippen LogP contribution < -0.4 is 10.9 Å². The zero-order valence-electron chi connectivity index (χ0n) is 11.0. The van der Waals surface area contributed by atoms with Gasteiger partial charge in [0.05, 0.1) is 0 Å². The third-order valence-corrected chi connectivity index (χ3v) is 5.45. The van der Waals surface area contributed by atoms with Gasteiger partial charge in [-0.15, -0.1) is 0 Å². The lowest BCUT2D eigenvalue weighted by Crippen LogP contribution is -2.48. The van der Waals surface area contributed by atoms with Crippen LogP contribution in [0.2, 0.25) is 0 Å². The quantitative estimate of drug-likeness (QED) is 0.572. The summed E-state index contributed by atoms with van der Waals surface area (Å²) < 4.78 is 0. The predicted octanol–water partition coefficient (Wildman–Crippen LogP) is 1.95. The van der Waals surface area contributed by atoms with Crippen LogP contribution in [-0.2, 0) is 10.2 Å². The molecule has 4 fully saturated rings. The van der Waals surface area contributed by atoms with Gasteiger partial charge in [-0.3, -0.25) is 20.7 Å². The van der Waals surface area contributed by atoms with Crippen LogP contribution in [0.25, 0.3) is 0 Å². The molecule has 0 saturated heterocycles. The van der Waals surface area contributed by atoms with Crippen LogP contribution in [0.5, 0.6) is 0 Å². The highest BCUT2D eigenvalue weighted by Gasteiger charge is 2.52. The van der Waals surface area contributed by atoms with Crippen molar-refractivity contribution < 1.29 is 4.79 Å². The molecule has 19 heavy (non-hydrogen) atoms. The third-order valence-electron chi connectivity index (χ3n) is 5.45. The fraction of sp³-hybridized carbons (Fsp3) is 0.714. The molecule has 0 unspecified atom stereocenters. The Bertz CT molecular complexity index is 460. The minimum absolute atomic E-state index is 0.336. The van der Waals surface area contributed by atoms with Crippen molar-refractivity contribution in [2.24, 2.45) is 17.8 Å². The Morgan fingerprint density at radius 1 is 1.21 bits per heavy atom. The smallest absolute Gasteiger partial charge is 0.225 e. The summed E-state index contributed by atoms with van der Waals surface area (Å²) in [4.78, 5) is 10.3. The highest BCUT2D eigenvalue weighted by atomic mass is 16.1. The summed E-state index contributed by atoms with van der Waals surface area (Å²) in [6.45, 7) is 0. The van der Waals surface area contributed by atoms with E-state index >= 15 is 0 Å². The van der Waals surface area contributed by atoms with E-state index in [-0.39, 0.29) is 0 Å². The van der Waals surface area contributed by atoms with Crippen molar-refractivity contribution in [3.05, 3.63) is 11.8 Å². The minimum atomic E-state index is 0.336. The zero-order valence-corrected chi connectivity index (χ0v) is 11.0. The Labute approximate surface area is 112 Å². The van der Waals surface area contributed by atoms with Gasteiger partial charge in [0.1, 0.15) is 0 Å². The number of nitrogens with zero attached hydrogens (tertiary/aromatic N) is 1. The molecule has 3 N–H and O–H groups in total. The van der Waals surface area contributed by atoms with Gasteiger partial charge in [0.15, 0.2) is 5.82 Å². The van der Waals surface area contributed by atoms with Gasteiger partial charge in [-0.05, 0) is 56.3 Å². The molecule has 4 aliphatic carbocycles. The molecule has 0 radical (unpaired) electrons. The minimum Gasteiger partial charge on any atom is -0.281 e. The normalized spacial score (nSPS) is 39.3. The number of hydrogen-bond donors (Lipinski definition) is 3. The predicted molar refractivity (Wildman–Crippen MR) is 71.3 cm³/mol. The number of carbonyl (C=O) groups excluding carboxylic acids is 1. The molecule has 1 aromatic rings. The molecule has 0 aliphatic heterocycles. The Morgan fingerprint density at radius 2 is 1.84 bits per heavy atom. The molecule has 0 aromatic carbocycles. The van der Waals surface area contributed by atoms with E-state index in [2.05, 4.69) is 27.1 Å². The zero-order chi connectivity index (χ0) is 12.9. The molecule has 0 atom stereocenters. The summed E-state index contributed by atoms with van der Waals surface area (Å²) in [5.41, 5.74) is 6.83. The van der Waals surface area contributed by atoms with E-state index in [0.29, 0.717) is 17.6 Å². The topological polar surface area (TPSA) is 69.8 Å². The fourth-order valence-corrected chi connectivity index (χ4v) is 5.20. The van der Waals surface area contributed by atoms with Crippen molar-refractivity contribution in [3.8, 4) is 0 Å². The highest BCUT2D eigenvalue weighted by molar-refractivity contribution is 5.51. The SMILES string of the molecule is O=CNNc1cc(C23CC4CC(CC(C4)C2)C3)[nH]n1. The van der Waals surface area contributed by atoms with E-state index in [1.165, 1.54) is 44.2 Å². The molecule has 5 heteroatoms. The van der Waals surface area contributed by atoms with E-state index in [1.807, 2.05) is 0 Å². The van der Waals surface area contributed by atoms with Gasteiger partial charge in [0.25, 0.3) is 0 Å². The van der Waals surface area contributed by atoms with Gasteiger partial charge >= 0.3 is 0 Å². The highest BCUT2D eigenvalue weighted by Crippen LogP contribution is 2.60. The lowest BCUT2D eigenvalue weighted by Gasteiger charge is -2.56. The summed E-state index contributed by atoms with van der Waals surface area (Å²) in [6.07, 6.45) is 8.94. The Morgan fingerprint density at radius 3 is 2.42 bits per heavy atom. The number of anilines is 1. The number of carbonyl (C=O) groups is 1. The molecular formula is C14H20N4O. The Kier molecular flexibility index (Phi) is 2.37. The van der Waals surface area contributed by atoms with Gasteiger partial charge in [-0.2, -0.15) is 5.10 Å².